The van der Waals surface area contributed by atoms with Gasteiger partial charge in [-0.25, -0.2) is 4.39 Å². The van der Waals surface area contributed by atoms with Gasteiger partial charge in [-0.05, 0) is 23.8 Å². The van der Waals surface area contributed by atoms with E-state index >= 15 is 0 Å². The molecule has 0 saturated heterocycles. The van der Waals surface area contributed by atoms with Crippen molar-refractivity contribution >= 4 is 18.3 Å². The maximum Gasteiger partial charge on any atom is 0.142 e. The second-order valence-electron chi connectivity index (χ2n) is 2.18. The minimum absolute atomic E-state index is 0.182. The zero-order valence-electron chi connectivity index (χ0n) is 6.26. The van der Waals surface area contributed by atoms with Gasteiger partial charge in [-0.1, -0.05) is 11.6 Å². The minimum atomic E-state index is -0.384. The highest BCUT2D eigenvalue weighted by molar-refractivity contribution is 6.30. The van der Waals surface area contributed by atoms with Crippen molar-refractivity contribution in [1.29, 1.82) is 0 Å². The molecule has 1 aromatic carbocycles. The number of halogens is 2. The highest BCUT2D eigenvalue weighted by Gasteiger charge is 1.98. The second kappa shape index (κ2) is 4.07. The third-order valence-electron chi connectivity index (χ3n) is 1.24. The molecule has 0 aliphatic heterocycles. The molecule has 0 aromatic heterocycles. The van der Waals surface area contributed by atoms with Gasteiger partial charge in [0.2, 0.25) is 0 Å². The highest BCUT2D eigenvalue weighted by atomic mass is 35.5. The topological polar surface area (TPSA) is 21.6 Å². The van der Waals surface area contributed by atoms with Gasteiger partial charge in [-0.2, -0.15) is 0 Å². The van der Waals surface area contributed by atoms with Crippen LogP contribution in [-0.2, 0) is 11.4 Å². The van der Waals surface area contributed by atoms with Crippen LogP contribution in [0.4, 0.5) is 4.39 Å². The summed E-state index contributed by atoms with van der Waals surface area (Å²) in [6.07, 6.45) is 0. The van der Waals surface area contributed by atoms with Crippen molar-refractivity contribution in [2.24, 2.45) is 5.16 Å². The molecule has 1 aromatic rings. The molecule has 0 atom stereocenters. The van der Waals surface area contributed by atoms with Crippen molar-refractivity contribution in [3.63, 3.8) is 0 Å². The van der Waals surface area contributed by atoms with E-state index in [4.69, 9.17) is 11.6 Å². The lowest BCUT2D eigenvalue weighted by atomic mass is 10.2. The number of oxime groups is 1. The molecule has 0 aliphatic rings. The Morgan fingerprint density at radius 3 is 2.83 bits per heavy atom. The molecule has 0 N–H and O–H groups in total. The third-order valence-corrected chi connectivity index (χ3v) is 1.46. The molecule has 0 amide bonds. The van der Waals surface area contributed by atoms with Crippen LogP contribution in [0.25, 0.3) is 0 Å². The first-order valence-electron chi connectivity index (χ1n) is 3.25. The van der Waals surface area contributed by atoms with Crippen molar-refractivity contribution in [2.75, 3.05) is 0 Å². The van der Waals surface area contributed by atoms with Crippen LogP contribution in [0.1, 0.15) is 5.56 Å². The minimum Gasteiger partial charge on any atom is -0.391 e. The standard InChI is InChI=1S/C8H7ClFNO/c1-11-12-5-6-2-7(9)4-8(10)3-6/h2-4H,1,5H2. The van der Waals surface area contributed by atoms with Crippen LogP contribution in [0.5, 0.6) is 0 Å². The van der Waals surface area contributed by atoms with Crippen LogP contribution in [0.15, 0.2) is 23.4 Å². The van der Waals surface area contributed by atoms with E-state index in [0.717, 1.165) is 0 Å². The SMILES string of the molecule is C=NOCc1cc(F)cc(Cl)c1. The quantitative estimate of drug-likeness (QED) is 0.527. The predicted molar refractivity (Wildman–Crippen MR) is 45.7 cm³/mol. The third kappa shape index (κ3) is 2.51. The summed E-state index contributed by atoms with van der Waals surface area (Å²) >= 11 is 5.59. The van der Waals surface area contributed by atoms with Gasteiger partial charge in [-0.15, -0.1) is 5.16 Å². The van der Waals surface area contributed by atoms with Crippen molar-refractivity contribution in [3.05, 3.63) is 34.6 Å². The zero-order chi connectivity index (χ0) is 8.97. The maximum absolute atomic E-state index is 12.7. The number of nitrogens with zero attached hydrogens (tertiary/aromatic N) is 1. The lowest BCUT2D eigenvalue weighted by Crippen LogP contribution is -1.87. The lowest BCUT2D eigenvalue weighted by molar-refractivity contribution is 0.133. The Balaban J connectivity index is 2.78. The first-order valence-corrected chi connectivity index (χ1v) is 3.63. The van der Waals surface area contributed by atoms with Gasteiger partial charge in [0.05, 0.1) is 0 Å². The Bertz CT molecular complexity index is 270. The van der Waals surface area contributed by atoms with E-state index in [9.17, 15) is 4.39 Å². The van der Waals surface area contributed by atoms with E-state index in [2.05, 4.69) is 16.7 Å². The van der Waals surface area contributed by atoms with Gasteiger partial charge in [0, 0.05) is 11.7 Å². The van der Waals surface area contributed by atoms with Crippen LogP contribution in [0.2, 0.25) is 5.02 Å². The largest absolute Gasteiger partial charge is 0.391 e. The number of rotatable bonds is 3. The molecule has 0 spiro atoms. The maximum atomic E-state index is 12.7. The molecule has 0 radical (unpaired) electrons. The van der Waals surface area contributed by atoms with E-state index in [-0.39, 0.29) is 12.4 Å². The molecule has 4 heteroatoms. The summed E-state index contributed by atoms with van der Waals surface area (Å²) in [5.41, 5.74) is 0.632. The van der Waals surface area contributed by atoms with E-state index < -0.39 is 0 Å². The summed E-state index contributed by atoms with van der Waals surface area (Å²) in [6.45, 7) is 3.30. The molecule has 0 aliphatic carbocycles. The molecule has 12 heavy (non-hydrogen) atoms. The Labute approximate surface area is 74.6 Å². The fourth-order valence-electron chi connectivity index (χ4n) is 0.814. The molecule has 0 fully saturated rings. The number of benzene rings is 1. The van der Waals surface area contributed by atoms with Crippen LogP contribution in [0.3, 0.4) is 0 Å². The van der Waals surface area contributed by atoms with Gasteiger partial charge >= 0.3 is 0 Å². The van der Waals surface area contributed by atoms with Crippen LogP contribution < -0.4 is 0 Å². The first-order chi connectivity index (χ1) is 5.72. The van der Waals surface area contributed by atoms with E-state index in [1.807, 2.05) is 0 Å². The lowest BCUT2D eigenvalue weighted by Gasteiger charge is -1.99. The van der Waals surface area contributed by atoms with Gasteiger partial charge in [0.25, 0.3) is 0 Å². The summed E-state index contributed by atoms with van der Waals surface area (Å²) in [6, 6.07) is 4.17. The average Bonchev–Trinajstić information content (AvgIpc) is 1.99. The second-order valence-corrected chi connectivity index (χ2v) is 2.62. The molecule has 0 unspecified atom stereocenters. The molecule has 1 rings (SSSR count). The van der Waals surface area contributed by atoms with E-state index in [0.29, 0.717) is 10.6 Å². The Kier molecular flexibility index (Phi) is 3.05. The normalized spacial score (nSPS) is 9.50. The van der Waals surface area contributed by atoms with Gasteiger partial charge in [-0.3, -0.25) is 0 Å². The first kappa shape index (κ1) is 9.00. The Hall–Kier alpha value is -1.09. The predicted octanol–water partition coefficient (Wildman–Crippen LogP) is 2.61. The molecule has 0 bridgehead atoms. The summed E-state index contributed by atoms with van der Waals surface area (Å²) < 4.78 is 12.7. The molecule has 0 saturated carbocycles. The van der Waals surface area contributed by atoms with E-state index in [1.54, 1.807) is 6.07 Å². The Morgan fingerprint density at radius 2 is 2.25 bits per heavy atom. The Morgan fingerprint density at radius 1 is 1.50 bits per heavy atom. The summed E-state index contributed by atoms with van der Waals surface area (Å²) in [7, 11) is 0. The highest BCUT2D eigenvalue weighted by Crippen LogP contribution is 2.14. The van der Waals surface area contributed by atoms with Crippen LogP contribution in [-0.4, -0.2) is 6.72 Å². The van der Waals surface area contributed by atoms with Crippen LogP contribution in [0, 0.1) is 5.82 Å². The fourth-order valence-corrected chi connectivity index (χ4v) is 1.06. The molecular formula is C8H7ClFNO. The summed E-state index contributed by atoms with van der Waals surface area (Å²) in [5, 5.41) is 3.52. The van der Waals surface area contributed by atoms with E-state index in [1.165, 1.54) is 12.1 Å². The fraction of sp³-hybridized carbons (Fsp3) is 0.125. The summed E-state index contributed by atoms with van der Waals surface area (Å²) in [5.74, 6) is -0.384. The molecule has 0 heterocycles. The van der Waals surface area contributed by atoms with Crippen molar-refractivity contribution in [1.82, 2.24) is 0 Å². The zero-order valence-corrected chi connectivity index (χ0v) is 7.01. The number of hydrogen-bond donors (Lipinski definition) is 0. The molecule has 2 nitrogen and oxygen atoms in total. The van der Waals surface area contributed by atoms with Gasteiger partial charge in [0.1, 0.15) is 12.4 Å². The van der Waals surface area contributed by atoms with Crippen molar-refractivity contribution < 1.29 is 9.23 Å². The monoisotopic (exact) mass is 187 g/mol. The smallest absolute Gasteiger partial charge is 0.142 e. The molecular weight excluding hydrogens is 181 g/mol. The van der Waals surface area contributed by atoms with Crippen molar-refractivity contribution in [2.45, 2.75) is 6.61 Å². The van der Waals surface area contributed by atoms with Crippen LogP contribution >= 0.6 is 11.6 Å². The number of hydrogen-bond acceptors (Lipinski definition) is 2. The average molecular weight is 188 g/mol. The van der Waals surface area contributed by atoms with Gasteiger partial charge in [0.15, 0.2) is 0 Å². The summed E-state index contributed by atoms with van der Waals surface area (Å²) in [4.78, 5) is 4.62. The van der Waals surface area contributed by atoms with Crippen molar-refractivity contribution in [3.8, 4) is 0 Å². The molecule has 64 valence electrons. The van der Waals surface area contributed by atoms with Gasteiger partial charge < -0.3 is 4.84 Å².